The molecule has 0 aromatic carbocycles. The number of hydrogen-bond acceptors (Lipinski definition) is 6. The zero-order chi connectivity index (χ0) is 18.7. The standard InChI is InChI=1S/C17H22N6O2Si/c1-26(2,3)9-8-25-11-23-16(12-4-6-19-7-5-12)21-13-10-20-15(14(18)24)22-17(13)23/h4-7,10H,8-9,11H2,1-3H3,(H2,18,24). The first-order valence-corrected chi connectivity index (χ1v) is 12.1. The van der Waals surface area contributed by atoms with E-state index < -0.39 is 14.0 Å². The monoisotopic (exact) mass is 370 g/mol. The SMILES string of the molecule is C[Si](C)(C)CCOCn1c(-c2ccncc2)nc2cnc(C(N)=O)nc21. The number of pyridine rings is 1. The Morgan fingerprint density at radius 3 is 2.62 bits per heavy atom. The van der Waals surface area contributed by atoms with Gasteiger partial charge in [0.15, 0.2) is 5.65 Å². The second-order valence-electron chi connectivity index (χ2n) is 7.21. The van der Waals surface area contributed by atoms with Crippen molar-refractivity contribution in [2.45, 2.75) is 32.4 Å². The summed E-state index contributed by atoms with van der Waals surface area (Å²) in [6, 6.07) is 4.79. The third kappa shape index (κ3) is 4.11. The van der Waals surface area contributed by atoms with Gasteiger partial charge in [-0.1, -0.05) is 19.6 Å². The highest BCUT2D eigenvalue weighted by atomic mass is 28.3. The van der Waals surface area contributed by atoms with Crippen LogP contribution in [-0.2, 0) is 11.5 Å². The molecule has 0 aliphatic carbocycles. The van der Waals surface area contributed by atoms with Gasteiger partial charge in [0.25, 0.3) is 5.91 Å². The fourth-order valence-corrected chi connectivity index (χ4v) is 3.17. The molecule has 3 aromatic rings. The average Bonchev–Trinajstić information content (AvgIpc) is 2.96. The highest BCUT2D eigenvalue weighted by molar-refractivity contribution is 6.76. The molecule has 0 aliphatic rings. The lowest BCUT2D eigenvalue weighted by molar-refractivity contribution is 0.0904. The van der Waals surface area contributed by atoms with Crippen molar-refractivity contribution in [2.24, 2.45) is 5.73 Å². The van der Waals surface area contributed by atoms with Gasteiger partial charge in [0.05, 0.1) is 6.20 Å². The van der Waals surface area contributed by atoms with Crippen LogP contribution in [0.15, 0.2) is 30.7 Å². The van der Waals surface area contributed by atoms with Crippen LogP contribution < -0.4 is 5.73 Å². The Bertz CT molecular complexity index is 920. The van der Waals surface area contributed by atoms with Gasteiger partial charge in [0, 0.05) is 32.6 Å². The van der Waals surface area contributed by atoms with Crippen molar-refractivity contribution >= 4 is 25.1 Å². The molecule has 9 heteroatoms. The molecule has 0 saturated carbocycles. The van der Waals surface area contributed by atoms with Crippen LogP contribution in [0.4, 0.5) is 0 Å². The number of ether oxygens (including phenoxy) is 1. The maximum absolute atomic E-state index is 11.4. The van der Waals surface area contributed by atoms with Crippen LogP contribution in [0.2, 0.25) is 25.7 Å². The lowest BCUT2D eigenvalue weighted by Crippen LogP contribution is -2.22. The van der Waals surface area contributed by atoms with Gasteiger partial charge in [-0.05, 0) is 18.2 Å². The average molecular weight is 370 g/mol. The fraction of sp³-hybridized carbons (Fsp3) is 0.353. The third-order valence-electron chi connectivity index (χ3n) is 3.86. The van der Waals surface area contributed by atoms with E-state index in [1.807, 2.05) is 16.7 Å². The van der Waals surface area contributed by atoms with E-state index in [4.69, 9.17) is 10.5 Å². The summed E-state index contributed by atoms with van der Waals surface area (Å²) in [5, 5.41) is 0. The number of aromatic nitrogens is 5. The molecule has 0 unspecified atom stereocenters. The highest BCUT2D eigenvalue weighted by Crippen LogP contribution is 2.23. The van der Waals surface area contributed by atoms with Gasteiger partial charge >= 0.3 is 0 Å². The van der Waals surface area contributed by atoms with Crippen LogP contribution in [-0.4, -0.2) is 45.1 Å². The third-order valence-corrected chi connectivity index (χ3v) is 5.57. The van der Waals surface area contributed by atoms with Crippen molar-refractivity contribution in [1.29, 1.82) is 0 Å². The number of nitrogens with zero attached hydrogens (tertiary/aromatic N) is 5. The summed E-state index contributed by atoms with van der Waals surface area (Å²) >= 11 is 0. The van der Waals surface area contributed by atoms with E-state index in [2.05, 4.69) is 39.6 Å². The van der Waals surface area contributed by atoms with E-state index >= 15 is 0 Å². The Hall–Kier alpha value is -2.65. The summed E-state index contributed by atoms with van der Waals surface area (Å²) in [7, 11) is -1.18. The normalized spacial score (nSPS) is 11.8. The second-order valence-corrected chi connectivity index (χ2v) is 12.8. The van der Waals surface area contributed by atoms with Gasteiger partial charge in [0.1, 0.15) is 18.1 Å². The Labute approximate surface area is 152 Å². The molecular formula is C17H22N6O2Si. The Balaban J connectivity index is 1.98. The first kappa shape index (κ1) is 18.1. The van der Waals surface area contributed by atoms with E-state index in [1.165, 1.54) is 6.20 Å². The van der Waals surface area contributed by atoms with E-state index in [0.29, 0.717) is 23.6 Å². The topological polar surface area (TPSA) is 109 Å². The number of imidazole rings is 1. The van der Waals surface area contributed by atoms with Gasteiger partial charge in [-0.15, -0.1) is 0 Å². The second kappa shape index (κ2) is 7.30. The van der Waals surface area contributed by atoms with Crippen LogP contribution in [0.5, 0.6) is 0 Å². The number of rotatable bonds is 7. The molecule has 3 rings (SSSR count). The van der Waals surface area contributed by atoms with Crippen molar-refractivity contribution in [3.05, 3.63) is 36.5 Å². The van der Waals surface area contributed by atoms with Crippen molar-refractivity contribution < 1.29 is 9.53 Å². The van der Waals surface area contributed by atoms with Crippen molar-refractivity contribution in [1.82, 2.24) is 24.5 Å². The maximum Gasteiger partial charge on any atom is 0.286 e. The van der Waals surface area contributed by atoms with Crippen LogP contribution in [0.1, 0.15) is 10.6 Å². The molecule has 2 N–H and O–H groups in total. The molecule has 8 nitrogen and oxygen atoms in total. The van der Waals surface area contributed by atoms with Crippen molar-refractivity contribution in [3.8, 4) is 11.4 Å². The number of hydrogen-bond donors (Lipinski definition) is 1. The molecule has 0 fully saturated rings. The van der Waals surface area contributed by atoms with Crippen LogP contribution >= 0.6 is 0 Å². The van der Waals surface area contributed by atoms with Gasteiger partial charge in [0.2, 0.25) is 5.82 Å². The smallest absolute Gasteiger partial charge is 0.286 e. The number of carbonyl (C=O) groups is 1. The molecule has 3 aromatic heterocycles. The minimum absolute atomic E-state index is 0.0398. The zero-order valence-electron chi connectivity index (χ0n) is 15.1. The Kier molecular flexibility index (Phi) is 5.10. The lowest BCUT2D eigenvalue weighted by Gasteiger charge is -2.16. The summed E-state index contributed by atoms with van der Waals surface area (Å²) in [6.07, 6.45) is 4.91. The summed E-state index contributed by atoms with van der Waals surface area (Å²) in [5.41, 5.74) is 7.30. The molecule has 1 amide bonds. The fourth-order valence-electron chi connectivity index (χ4n) is 2.42. The van der Waals surface area contributed by atoms with Crippen LogP contribution in [0.25, 0.3) is 22.6 Å². The number of nitrogens with two attached hydrogens (primary N) is 1. The number of amides is 1. The van der Waals surface area contributed by atoms with Gasteiger partial charge in [-0.25, -0.2) is 15.0 Å². The summed E-state index contributed by atoms with van der Waals surface area (Å²) in [4.78, 5) is 28.3. The zero-order valence-corrected chi connectivity index (χ0v) is 16.1. The molecule has 0 saturated heterocycles. The molecule has 26 heavy (non-hydrogen) atoms. The Morgan fingerprint density at radius 2 is 1.96 bits per heavy atom. The summed E-state index contributed by atoms with van der Waals surface area (Å²) in [5.74, 6) is -0.0295. The molecule has 0 bridgehead atoms. The van der Waals surface area contributed by atoms with E-state index in [0.717, 1.165) is 11.6 Å². The Morgan fingerprint density at radius 1 is 1.23 bits per heavy atom. The summed E-state index contributed by atoms with van der Waals surface area (Å²) in [6.45, 7) is 7.86. The first-order valence-electron chi connectivity index (χ1n) is 8.36. The largest absolute Gasteiger partial charge is 0.363 e. The van der Waals surface area contributed by atoms with E-state index in [1.54, 1.807) is 12.4 Å². The molecule has 0 spiro atoms. The van der Waals surface area contributed by atoms with Crippen LogP contribution in [0, 0.1) is 0 Å². The van der Waals surface area contributed by atoms with Gasteiger partial charge < -0.3 is 10.5 Å². The number of fused-ring (bicyclic) bond motifs is 1. The number of primary amides is 1. The predicted octanol–water partition coefficient (Wildman–Crippen LogP) is 2.30. The van der Waals surface area contributed by atoms with Crippen molar-refractivity contribution in [3.63, 3.8) is 0 Å². The van der Waals surface area contributed by atoms with Crippen LogP contribution in [0.3, 0.4) is 0 Å². The minimum atomic E-state index is -1.18. The quantitative estimate of drug-likeness (QED) is 0.505. The first-order chi connectivity index (χ1) is 12.3. The summed E-state index contributed by atoms with van der Waals surface area (Å²) < 4.78 is 7.73. The molecule has 0 aliphatic heterocycles. The molecule has 0 atom stereocenters. The lowest BCUT2D eigenvalue weighted by atomic mass is 10.2. The van der Waals surface area contributed by atoms with E-state index in [9.17, 15) is 4.79 Å². The molecule has 0 radical (unpaired) electrons. The molecular weight excluding hydrogens is 348 g/mol. The molecule has 136 valence electrons. The minimum Gasteiger partial charge on any atom is -0.363 e. The van der Waals surface area contributed by atoms with E-state index in [-0.39, 0.29) is 12.6 Å². The van der Waals surface area contributed by atoms with Gasteiger partial charge in [-0.3, -0.25) is 14.3 Å². The highest BCUT2D eigenvalue weighted by Gasteiger charge is 2.17. The number of carbonyl (C=O) groups excluding carboxylic acids is 1. The maximum atomic E-state index is 11.4. The van der Waals surface area contributed by atoms with Crippen molar-refractivity contribution in [2.75, 3.05) is 6.61 Å². The predicted molar refractivity (Wildman–Crippen MR) is 101 cm³/mol. The molecule has 3 heterocycles. The van der Waals surface area contributed by atoms with Gasteiger partial charge in [-0.2, -0.15) is 0 Å².